The van der Waals surface area contributed by atoms with Crippen LogP contribution in [0.25, 0.3) is 11.0 Å². The predicted molar refractivity (Wildman–Crippen MR) is 75.4 cm³/mol. The Morgan fingerprint density at radius 2 is 1.75 bits per heavy atom. The van der Waals surface area contributed by atoms with E-state index in [-0.39, 0.29) is 11.5 Å². The van der Waals surface area contributed by atoms with Gasteiger partial charge in [0, 0.05) is 0 Å². The van der Waals surface area contributed by atoms with E-state index in [1.54, 1.807) is 36.4 Å². The summed E-state index contributed by atoms with van der Waals surface area (Å²) >= 11 is 0. The van der Waals surface area contributed by atoms with E-state index in [1.165, 1.54) is 0 Å². The highest BCUT2D eigenvalue weighted by atomic mass is 16.5. The van der Waals surface area contributed by atoms with Crippen molar-refractivity contribution in [3.05, 3.63) is 64.5 Å². The molecular formula is C16H12O4. The molecule has 0 radical (unpaired) electrons. The summed E-state index contributed by atoms with van der Waals surface area (Å²) in [7, 11) is 0. The monoisotopic (exact) mass is 268 g/mol. The summed E-state index contributed by atoms with van der Waals surface area (Å²) in [5.41, 5.74) is 0.695. The van der Waals surface area contributed by atoms with Gasteiger partial charge in [-0.05, 0) is 31.2 Å². The molecule has 1 heterocycles. The Morgan fingerprint density at radius 3 is 2.50 bits per heavy atom. The van der Waals surface area contributed by atoms with Crippen molar-refractivity contribution in [1.29, 1.82) is 0 Å². The van der Waals surface area contributed by atoms with Gasteiger partial charge in [-0.3, -0.25) is 0 Å². The number of rotatable bonds is 2. The molecule has 4 heteroatoms. The summed E-state index contributed by atoms with van der Waals surface area (Å²) in [4.78, 5) is 11.9. The minimum atomic E-state index is -0.707. The average Bonchev–Trinajstić information content (AvgIpc) is 2.45. The summed E-state index contributed by atoms with van der Waals surface area (Å²) in [6, 6.07) is 13.9. The van der Waals surface area contributed by atoms with Crippen LogP contribution < -0.4 is 10.4 Å². The molecule has 0 saturated heterocycles. The zero-order valence-electron chi connectivity index (χ0n) is 10.8. The molecule has 0 aliphatic carbocycles. The molecule has 0 aliphatic heterocycles. The SMILES string of the molecule is Cc1ccc(Oc2c(O)c3ccccc3oc2=O)cc1. The molecular weight excluding hydrogens is 256 g/mol. The third kappa shape index (κ3) is 2.12. The summed E-state index contributed by atoms with van der Waals surface area (Å²) < 4.78 is 10.6. The summed E-state index contributed by atoms with van der Waals surface area (Å²) in [6.07, 6.45) is 0. The Labute approximate surface area is 114 Å². The minimum absolute atomic E-state index is 0.201. The fourth-order valence-electron chi connectivity index (χ4n) is 1.93. The van der Waals surface area contributed by atoms with Crippen LogP contribution in [-0.4, -0.2) is 5.11 Å². The van der Waals surface area contributed by atoms with Crippen molar-refractivity contribution >= 4 is 11.0 Å². The van der Waals surface area contributed by atoms with E-state index in [2.05, 4.69) is 0 Å². The third-order valence-electron chi connectivity index (χ3n) is 2.99. The van der Waals surface area contributed by atoms with E-state index < -0.39 is 5.63 Å². The Bertz CT molecular complexity index is 816. The first-order valence-electron chi connectivity index (χ1n) is 6.14. The highest BCUT2D eigenvalue weighted by molar-refractivity contribution is 5.85. The molecule has 0 fully saturated rings. The largest absolute Gasteiger partial charge is 0.504 e. The van der Waals surface area contributed by atoms with Gasteiger partial charge in [0.1, 0.15) is 11.3 Å². The first-order chi connectivity index (χ1) is 9.65. The number of hydrogen-bond acceptors (Lipinski definition) is 4. The van der Waals surface area contributed by atoms with Crippen LogP contribution in [0.4, 0.5) is 0 Å². The van der Waals surface area contributed by atoms with Gasteiger partial charge in [0.2, 0.25) is 0 Å². The van der Waals surface area contributed by atoms with Crippen molar-refractivity contribution in [2.45, 2.75) is 6.92 Å². The topological polar surface area (TPSA) is 59.7 Å². The lowest BCUT2D eigenvalue weighted by Gasteiger charge is -2.08. The van der Waals surface area contributed by atoms with Crippen molar-refractivity contribution in [3.63, 3.8) is 0 Å². The lowest BCUT2D eigenvalue weighted by atomic mass is 10.2. The van der Waals surface area contributed by atoms with Crippen LogP contribution in [0.1, 0.15) is 5.56 Å². The van der Waals surface area contributed by atoms with Crippen molar-refractivity contribution in [1.82, 2.24) is 0 Å². The Balaban J connectivity index is 2.11. The van der Waals surface area contributed by atoms with E-state index in [9.17, 15) is 9.90 Å². The van der Waals surface area contributed by atoms with E-state index in [0.29, 0.717) is 16.7 Å². The standard InChI is InChI=1S/C16H12O4/c1-10-6-8-11(9-7-10)19-15-14(17)12-4-2-3-5-13(12)20-16(15)18/h2-9,17H,1H3. The molecule has 0 amide bonds. The second kappa shape index (κ2) is 4.74. The zero-order chi connectivity index (χ0) is 14.1. The molecule has 3 aromatic rings. The maximum absolute atomic E-state index is 11.9. The molecule has 0 unspecified atom stereocenters. The summed E-state index contributed by atoms with van der Waals surface area (Å²) in [6.45, 7) is 1.95. The van der Waals surface area contributed by atoms with Gasteiger partial charge in [0.25, 0.3) is 5.75 Å². The minimum Gasteiger partial charge on any atom is -0.504 e. The number of ether oxygens (including phenoxy) is 1. The maximum atomic E-state index is 11.9. The lowest BCUT2D eigenvalue weighted by Crippen LogP contribution is -2.03. The molecule has 0 spiro atoms. The van der Waals surface area contributed by atoms with E-state index >= 15 is 0 Å². The molecule has 20 heavy (non-hydrogen) atoms. The number of para-hydroxylation sites is 1. The molecule has 0 saturated carbocycles. The highest BCUT2D eigenvalue weighted by Crippen LogP contribution is 2.33. The van der Waals surface area contributed by atoms with Gasteiger partial charge in [-0.25, -0.2) is 4.79 Å². The predicted octanol–water partition coefficient (Wildman–Crippen LogP) is 3.60. The number of aryl methyl sites for hydroxylation is 1. The van der Waals surface area contributed by atoms with Crippen molar-refractivity contribution in [2.75, 3.05) is 0 Å². The molecule has 0 bridgehead atoms. The van der Waals surface area contributed by atoms with Gasteiger partial charge in [0.15, 0.2) is 5.75 Å². The summed E-state index contributed by atoms with van der Waals surface area (Å²) in [5, 5.41) is 10.6. The third-order valence-corrected chi connectivity index (χ3v) is 2.99. The van der Waals surface area contributed by atoms with Gasteiger partial charge in [-0.2, -0.15) is 0 Å². The second-order valence-electron chi connectivity index (χ2n) is 4.48. The van der Waals surface area contributed by atoms with Crippen molar-refractivity contribution in [3.8, 4) is 17.2 Å². The van der Waals surface area contributed by atoms with Crippen molar-refractivity contribution < 1.29 is 14.3 Å². The zero-order valence-corrected chi connectivity index (χ0v) is 10.8. The van der Waals surface area contributed by atoms with Crippen LogP contribution in [0.2, 0.25) is 0 Å². The average molecular weight is 268 g/mol. The normalized spacial score (nSPS) is 10.7. The van der Waals surface area contributed by atoms with Crippen molar-refractivity contribution in [2.24, 2.45) is 0 Å². The fourth-order valence-corrected chi connectivity index (χ4v) is 1.93. The molecule has 0 aliphatic rings. The molecule has 3 rings (SSSR count). The fraction of sp³-hybridized carbons (Fsp3) is 0.0625. The lowest BCUT2D eigenvalue weighted by molar-refractivity contribution is 0.387. The second-order valence-corrected chi connectivity index (χ2v) is 4.48. The first kappa shape index (κ1) is 12.3. The number of hydrogen-bond donors (Lipinski definition) is 1. The summed E-state index contributed by atoms with van der Waals surface area (Å²) in [5.74, 6) is 0.0541. The number of aromatic hydroxyl groups is 1. The van der Waals surface area contributed by atoms with Crippen LogP contribution in [0, 0.1) is 6.92 Å². The van der Waals surface area contributed by atoms with E-state index in [1.807, 2.05) is 19.1 Å². The van der Waals surface area contributed by atoms with Crippen LogP contribution >= 0.6 is 0 Å². The van der Waals surface area contributed by atoms with Crippen LogP contribution in [0.3, 0.4) is 0 Å². The maximum Gasteiger partial charge on any atom is 0.383 e. The van der Waals surface area contributed by atoms with Gasteiger partial charge in [-0.1, -0.05) is 29.8 Å². The number of benzene rings is 2. The smallest absolute Gasteiger partial charge is 0.383 e. The first-order valence-corrected chi connectivity index (χ1v) is 6.14. The van der Waals surface area contributed by atoms with Gasteiger partial charge < -0.3 is 14.3 Å². The van der Waals surface area contributed by atoms with Gasteiger partial charge in [-0.15, -0.1) is 0 Å². The molecule has 4 nitrogen and oxygen atoms in total. The number of fused-ring (bicyclic) bond motifs is 1. The Morgan fingerprint density at radius 1 is 1.05 bits per heavy atom. The molecule has 0 atom stereocenters. The van der Waals surface area contributed by atoms with E-state index in [0.717, 1.165) is 5.56 Å². The highest BCUT2D eigenvalue weighted by Gasteiger charge is 2.15. The van der Waals surface area contributed by atoms with Crippen LogP contribution in [0.5, 0.6) is 17.2 Å². The molecule has 100 valence electrons. The molecule has 1 N–H and O–H groups in total. The van der Waals surface area contributed by atoms with Gasteiger partial charge in [0.05, 0.1) is 5.39 Å². The Kier molecular flexibility index (Phi) is 2.91. The van der Waals surface area contributed by atoms with E-state index in [4.69, 9.17) is 9.15 Å². The molecule has 2 aromatic carbocycles. The Hall–Kier alpha value is -2.75. The molecule has 1 aromatic heterocycles. The van der Waals surface area contributed by atoms with Crippen LogP contribution in [-0.2, 0) is 0 Å². The van der Waals surface area contributed by atoms with Gasteiger partial charge >= 0.3 is 5.63 Å². The van der Waals surface area contributed by atoms with Crippen LogP contribution in [0.15, 0.2) is 57.7 Å². The quantitative estimate of drug-likeness (QED) is 0.721.